The van der Waals surface area contributed by atoms with Crippen molar-refractivity contribution in [2.45, 2.75) is 37.0 Å². The van der Waals surface area contributed by atoms with Gasteiger partial charge in [0.25, 0.3) is 0 Å². The molecule has 0 N–H and O–H groups in total. The summed E-state index contributed by atoms with van der Waals surface area (Å²) in [6.45, 7) is 2.06. The van der Waals surface area contributed by atoms with Crippen molar-refractivity contribution < 1.29 is 12.8 Å². The molecule has 9 heteroatoms. The molecule has 0 fully saturated rings. The Morgan fingerprint density at radius 2 is 1.97 bits per heavy atom. The third-order valence-corrected chi connectivity index (χ3v) is 9.01. The zero-order valence-electron chi connectivity index (χ0n) is 19.7. The number of allylic oxidation sites excluding steroid dienone is 1. The van der Waals surface area contributed by atoms with Crippen LogP contribution in [0.2, 0.25) is 0 Å². The van der Waals surface area contributed by atoms with Crippen LogP contribution >= 0.6 is 0 Å². The summed E-state index contributed by atoms with van der Waals surface area (Å²) in [5.41, 5.74) is 5.72. The Morgan fingerprint density at radius 1 is 1.19 bits per heavy atom. The molecule has 0 unspecified atom stereocenters. The standard InChI is InChI=1S/C27H24FN5O2S/c1-18-25-16-31-33(23-9-7-22(28)8-10-23)26(25)14-20-5-6-21(27(18)20)17-32(12-11-29)36(34,35)24-4-2-3-19(13-24)15-30/h2-4,7-10,13,16,18,21H,5-6,12,14,17H2,1H3/t18-,21+/m0/s1. The third kappa shape index (κ3) is 4.11. The maximum Gasteiger partial charge on any atom is 0.244 e. The molecule has 0 amide bonds. The number of nitriles is 2. The van der Waals surface area contributed by atoms with Crippen LogP contribution in [0.15, 0.2) is 70.8 Å². The first kappa shape index (κ1) is 23.9. The van der Waals surface area contributed by atoms with Crippen molar-refractivity contribution in [3.63, 3.8) is 0 Å². The molecule has 0 aliphatic heterocycles. The number of aromatic nitrogens is 2. The van der Waals surface area contributed by atoms with Crippen molar-refractivity contribution in [2.24, 2.45) is 5.92 Å². The van der Waals surface area contributed by atoms with Crippen LogP contribution in [-0.2, 0) is 16.4 Å². The molecule has 2 aliphatic carbocycles. The maximum atomic E-state index is 13.4. The molecule has 3 aromatic rings. The zero-order valence-corrected chi connectivity index (χ0v) is 20.5. The van der Waals surface area contributed by atoms with Gasteiger partial charge in [-0.05, 0) is 61.2 Å². The predicted molar refractivity (Wildman–Crippen MR) is 131 cm³/mol. The summed E-state index contributed by atoms with van der Waals surface area (Å²) in [7, 11) is -3.94. The molecule has 1 heterocycles. The molecule has 0 bridgehead atoms. The van der Waals surface area contributed by atoms with Crippen LogP contribution in [0.25, 0.3) is 5.69 Å². The number of rotatable bonds is 6. The van der Waals surface area contributed by atoms with Gasteiger partial charge in [-0.1, -0.05) is 24.1 Å². The van der Waals surface area contributed by atoms with E-state index in [9.17, 15) is 23.3 Å². The minimum Gasteiger partial charge on any atom is -0.237 e. The van der Waals surface area contributed by atoms with E-state index in [2.05, 4.69) is 12.0 Å². The fourth-order valence-electron chi connectivity index (χ4n) is 5.52. The van der Waals surface area contributed by atoms with Gasteiger partial charge in [0.15, 0.2) is 0 Å². The van der Waals surface area contributed by atoms with Crippen molar-refractivity contribution in [1.29, 1.82) is 10.5 Å². The number of fused-ring (bicyclic) bond motifs is 1. The van der Waals surface area contributed by atoms with Gasteiger partial charge in [-0.15, -0.1) is 0 Å². The Bertz CT molecular complexity index is 1540. The molecule has 0 spiro atoms. The van der Waals surface area contributed by atoms with Crippen LogP contribution in [0.1, 0.15) is 42.5 Å². The fraction of sp³-hybridized carbons (Fsp3) is 0.296. The van der Waals surface area contributed by atoms with Crippen molar-refractivity contribution in [1.82, 2.24) is 14.1 Å². The molecular weight excluding hydrogens is 477 g/mol. The van der Waals surface area contributed by atoms with Gasteiger partial charge in [-0.3, -0.25) is 0 Å². The smallest absolute Gasteiger partial charge is 0.237 e. The quantitative estimate of drug-likeness (QED) is 0.366. The summed E-state index contributed by atoms with van der Waals surface area (Å²) in [5, 5.41) is 23.2. The summed E-state index contributed by atoms with van der Waals surface area (Å²) in [6, 6.07) is 16.1. The fourth-order valence-corrected chi connectivity index (χ4v) is 6.95. The molecule has 1 aromatic heterocycles. The third-order valence-electron chi connectivity index (χ3n) is 7.20. The Hall–Kier alpha value is -3.79. The molecule has 2 aliphatic rings. The van der Waals surface area contributed by atoms with Gasteiger partial charge in [-0.2, -0.15) is 19.9 Å². The minimum atomic E-state index is -3.94. The van der Waals surface area contributed by atoms with Crippen LogP contribution in [0.3, 0.4) is 0 Å². The lowest BCUT2D eigenvalue weighted by Gasteiger charge is -2.30. The lowest BCUT2D eigenvalue weighted by atomic mass is 9.80. The SMILES string of the molecule is C[C@@H]1C2=C(CC[C@@H]2CN(CC#N)S(=O)(=O)c2cccc(C#N)c2)Cc2c1cnn2-c1ccc(F)cc1. The van der Waals surface area contributed by atoms with Gasteiger partial charge in [0.1, 0.15) is 12.4 Å². The average Bonchev–Trinajstić information content (AvgIpc) is 3.49. The van der Waals surface area contributed by atoms with E-state index >= 15 is 0 Å². The molecule has 0 saturated carbocycles. The van der Waals surface area contributed by atoms with E-state index in [-0.39, 0.29) is 41.2 Å². The van der Waals surface area contributed by atoms with E-state index in [4.69, 9.17) is 0 Å². The first-order chi connectivity index (χ1) is 17.3. The van der Waals surface area contributed by atoms with E-state index in [0.717, 1.165) is 29.8 Å². The second-order valence-corrected chi connectivity index (χ2v) is 11.2. The number of sulfonamides is 1. The van der Waals surface area contributed by atoms with Crippen LogP contribution in [0, 0.1) is 34.4 Å². The van der Waals surface area contributed by atoms with E-state index in [0.29, 0.717) is 6.42 Å². The van der Waals surface area contributed by atoms with Gasteiger partial charge in [0, 0.05) is 24.4 Å². The normalized spacial score (nSPS) is 19.0. The molecular formula is C27H24FN5O2S. The van der Waals surface area contributed by atoms with Gasteiger partial charge in [0.2, 0.25) is 10.0 Å². The summed E-state index contributed by atoms with van der Waals surface area (Å²) in [6.07, 6.45) is 4.21. The number of benzene rings is 2. The molecule has 0 radical (unpaired) electrons. The molecule has 2 atom stereocenters. The second-order valence-electron chi connectivity index (χ2n) is 9.22. The first-order valence-electron chi connectivity index (χ1n) is 11.7. The number of hydrogen-bond donors (Lipinski definition) is 0. The van der Waals surface area contributed by atoms with Crippen molar-refractivity contribution in [3.05, 3.63) is 88.5 Å². The van der Waals surface area contributed by atoms with Gasteiger partial charge >= 0.3 is 0 Å². The Morgan fingerprint density at radius 3 is 2.69 bits per heavy atom. The van der Waals surface area contributed by atoms with Gasteiger partial charge < -0.3 is 0 Å². The zero-order chi connectivity index (χ0) is 25.4. The van der Waals surface area contributed by atoms with Gasteiger partial charge in [0.05, 0.1) is 40.2 Å². The van der Waals surface area contributed by atoms with Crippen LogP contribution in [0.4, 0.5) is 4.39 Å². The lowest BCUT2D eigenvalue weighted by Crippen LogP contribution is -2.36. The highest BCUT2D eigenvalue weighted by atomic mass is 32.2. The second kappa shape index (κ2) is 9.34. The molecule has 5 rings (SSSR count). The highest BCUT2D eigenvalue weighted by Crippen LogP contribution is 2.47. The molecule has 7 nitrogen and oxygen atoms in total. The lowest BCUT2D eigenvalue weighted by molar-refractivity contribution is 0.383. The highest BCUT2D eigenvalue weighted by molar-refractivity contribution is 7.89. The van der Waals surface area contributed by atoms with E-state index < -0.39 is 10.0 Å². The molecule has 0 saturated heterocycles. The monoisotopic (exact) mass is 501 g/mol. The van der Waals surface area contributed by atoms with E-state index in [1.807, 2.05) is 23.0 Å². The summed E-state index contributed by atoms with van der Waals surface area (Å²) in [4.78, 5) is 0.0172. The van der Waals surface area contributed by atoms with E-state index in [1.165, 1.54) is 45.8 Å². The Labute approximate surface area is 209 Å². The Balaban J connectivity index is 1.43. The first-order valence-corrected chi connectivity index (χ1v) is 13.2. The van der Waals surface area contributed by atoms with Crippen molar-refractivity contribution >= 4 is 10.0 Å². The topological polar surface area (TPSA) is 103 Å². The summed E-state index contributed by atoms with van der Waals surface area (Å²) in [5.74, 6) is -0.258. The highest BCUT2D eigenvalue weighted by Gasteiger charge is 2.38. The summed E-state index contributed by atoms with van der Waals surface area (Å²) >= 11 is 0. The number of hydrogen-bond acceptors (Lipinski definition) is 5. The number of nitrogens with zero attached hydrogens (tertiary/aromatic N) is 5. The molecule has 36 heavy (non-hydrogen) atoms. The van der Waals surface area contributed by atoms with Crippen LogP contribution in [0.5, 0.6) is 0 Å². The average molecular weight is 502 g/mol. The summed E-state index contributed by atoms with van der Waals surface area (Å²) < 4.78 is 43.3. The van der Waals surface area contributed by atoms with E-state index in [1.54, 1.807) is 18.2 Å². The molecule has 182 valence electrons. The predicted octanol–water partition coefficient (Wildman–Crippen LogP) is 4.46. The molecule has 2 aromatic carbocycles. The van der Waals surface area contributed by atoms with Crippen molar-refractivity contribution in [2.75, 3.05) is 13.1 Å². The van der Waals surface area contributed by atoms with Gasteiger partial charge in [-0.25, -0.2) is 17.5 Å². The van der Waals surface area contributed by atoms with Crippen LogP contribution in [-0.4, -0.2) is 35.6 Å². The Kier molecular flexibility index (Phi) is 6.21. The number of halogens is 1. The minimum absolute atomic E-state index is 0.0143. The van der Waals surface area contributed by atoms with Crippen LogP contribution < -0.4 is 0 Å². The maximum absolute atomic E-state index is 13.4. The van der Waals surface area contributed by atoms with Crippen molar-refractivity contribution in [3.8, 4) is 17.8 Å². The largest absolute Gasteiger partial charge is 0.244 e.